The van der Waals surface area contributed by atoms with E-state index in [-0.39, 0.29) is 6.61 Å². The van der Waals surface area contributed by atoms with Crippen molar-refractivity contribution in [3.05, 3.63) is 72.6 Å². The van der Waals surface area contributed by atoms with Crippen molar-refractivity contribution in [3.63, 3.8) is 0 Å². The Morgan fingerprint density at radius 3 is 2.74 bits per heavy atom. The molecule has 164 valence electrons. The first-order chi connectivity index (χ1) is 15.0. The van der Waals surface area contributed by atoms with Gasteiger partial charge in [0, 0.05) is 52.3 Å². The van der Waals surface area contributed by atoms with Gasteiger partial charge in [0.25, 0.3) is 0 Å². The van der Waals surface area contributed by atoms with Crippen molar-refractivity contribution in [2.45, 2.75) is 19.8 Å². The zero-order valence-corrected chi connectivity index (χ0v) is 19.0. The SMILES string of the molecule is C=C/C(=C\N(C)C)c1cccc(-c2ncc(C(/C=C\C)=NC)c(NCCCCO)n2)c1. The number of rotatable bonds is 11. The van der Waals surface area contributed by atoms with Gasteiger partial charge in [-0.2, -0.15) is 0 Å². The minimum absolute atomic E-state index is 0.183. The summed E-state index contributed by atoms with van der Waals surface area (Å²) in [7, 11) is 5.74. The van der Waals surface area contributed by atoms with Crippen molar-refractivity contribution in [3.8, 4) is 11.4 Å². The van der Waals surface area contributed by atoms with E-state index in [4.69, 9.17) is 10.1 Å². The Hall–Kier alpha value is -3.25. The highest BCUT2D eigenvalue weighted by atomic mass is 16.2. The first kappa shape index (κ1) is 24.0. The zero-order chi connectivity index (χ0) is 22.6. The van der Waals surface area contributed by atoms with Gasteiger partial charge in [-0.3, -0.25) is 4.99 Å². The predicted octanol–water partition coefficient (Wildman–Crippen LogP) is 4.41. The molecule has 31 heavy (non-hydrogen) atoms. The maximum absolute atomic E-state index is 9.06. The van der Waals surface area contributed by atoms with Crippen LogP contribution < -0.4 is 5.32 Å². The molecule has 0 saturated heterocycles. The second-order valence-corrected chi connectivity index (χ2v) is 7.26. The number of hydrogen-bond acceptors (Lipinski definition) is 6. The lowest BCUT2D eigenvalue weighted by molar-refractivity contribution is 0.286. The number of unbranched alkanes of at least 4 members (excludes halogenated alkanes) is 1. The van der Waals surface area contributed by atoms with Crippen LogP contribution in [0.5, 0.6) is 0 Å². The van der Waals surface area contributed by atoms with Gasteiger partial charge in [0.2, 0.25) is 0 Å². The molecule has 2 rings (SSSR count). The van der Waals surface area contributed by atoms with Gasteiger partial charge in [0.1, 0.15) is 5.82 Å². The van der Waals surface area contributed by atoms with Gasteiger partial charge in [0.15, 0.2) is 5.82 Å². The van der Waals surface area contributed by atoms with Crippen LogP contribution in [-0.2, 0) is 0 Å². The second kappa shape index (κ2) is 12.4. The van der Waals surface area contributed by atoms with E-state index in [1.165, 1.54) is 0 Å². The summed E-state index contributed by atoms with van der Waals surface area (Å²) in [6, 6.07) is 8.13. The second-order valence-electron chi connectivity index (χ2n) is 7.26. The average Bonchev–Trinajstić information content (AvgIpc) is 2.78. The van der Waals surface area contributed by atoms with E-state index in [9.17, 15) is 0 Å². The van der Waals surface area contributed by atoms with Crippen LogP contribution in [0.25, 0.3) is 17.0 Å². The van der Waals surface area contributed by atoms with Gasteiger partial charge in [-0.1, -0.05) is 36.9 Å². The Morgan fingerprint density at radius 2 is 2.10 bits per heavy atom. The van der Waals surface area contributed by atoms with Gasteiger partial charge in [-0.05, 0) is 43.0 Å². The first-order valence-electron chi connectivity index (χ1n) is 10.5. The van der Waals surface area contributed by atoms with E-state index >= 15 is 0 Å². The Bertz CT molecular complexity index is 960. The monoisotopic (exact) mass is 419 g/mol. The van der Waals surface area contributed by atoms with Gasteiger partial charge in [-0.25, -0.2) is 9.97 Å². The molecule has 2 aromatic rings. The molecule has 0 unspecified atom stereocenters. The molecule has 0 fully saturated rings. The highest BCUT2D eigenvalue weighted by Gasteiger charge is 2.13. The van der Waals surface area contributed by atoms with Crippen molar-refractivity contribution >= 4 is 17.1 Å². The molecule has 0 radical (unpaired) electrons. The number of allylic oxidation sites excluding steroid dienone is 4. The van der Waals surface area contributed by atoms with Crippen molar-refractivity contribution in [2.24, 2.45) is 4.99 Å². The lowest BCUT2D eigenvalue weighted by atomic mass is 10.0. The Labute approximate surface area is 185 Å². The summed E-state index contributed by atoms with van der Waals surface area (Å²) in [5, 5.41) is 12.5. The Balaban J connectivity index is 2.47. The summed E-state index contributed by atoms with van der Waals surface area (Å²) in [5.41, 5.74) is 4.67. The molecule has 6 nitrogen and oxygen atoms in total. The number of aliphatic imine (C=N–C) groups is 1. The van der Waals surface area contributed by atoms with E-state index in [1.807, 2.05) is 68.7 Å². The van der Waals surface area contributed by atoms with Crippen LogP contribution in [0.1, 0.15) is 30.9 Å². The lowest BCUT2D eigenvalue weighted by Gasteiger charge is -2.13. The minimum Gasteiger partial charge on any atom is -0.396 e. The summed E-state index contributed by atoms with van der Waals surface area (Å²) < 4.78 is 0. The summed E-state index contributed by atoms with van der Waals surface area (Å²) >= 11 is 0. The van der Waals surface area contributed by atoms with Gasteiger partial charge < -0.3 is 15.3 Å². The van der Waals surface area contributed by atoms with Gasteiger partial charge in [0.05, 0.1) is 11.3 Å². The smallest absolute Gasteiger partial charge is 0.161 e. The highest BCUT2D eigenvalue weighted by Crippen LogP contribution is 2.25. The molecule has 2 N–H and O–H groups in total. The van der Waals surface area contributed by atoms with E-state index in [0.29, 0.717) is 12.4 Å². The molecule has 6 heteroatoms. The summed E-state index contributed by atoms with van der Waals surface area (Å²) in [4.78, 5) is 15.8. The standard InChI is InChI=1S/C25H33N5O/c1-6-11-23(26-3)22-17-28-24(29-25(22)27-14-8-9-15-31)21-13-10-12-20(16-21)19(7-2)18-30(4)5/h6-7,10-13,16-18,31H,2,8-9,14-15H2,1,3-5H3,(H,27,28,29)/b11-6-,19-18+,26-23?. The number of aliphatic hydroxyl groups excluding tert-OH is 1. The molecule has 0 spiro atoms. The molecule has 1 aromatic heterocycles. The van der Waals surface area contributed by atoms with Crippen molar-refractivity contribution < 1.29 is 5.11 Å². The molecular weight excluding hydrogens is 386 g/mol. The van der Waals surface area contributed by atoms with E-state index in [2.05, 4.69) is 34.0 Å². The molecule has 1 heterocycles. The third-order valence-electron chi connectivity index (χ3n) is 4.58. The van der Waals surface area contributed by atoms with E-state index in [1.54, 1.807) is 7.05 Å². The maximum Gasteiger partial charge on any atom is 0.161 e. The van der Waals surface area contributed by atoms with Crippen LogP contribution in [-0.4, -0.2) is 60.0 Å². The lowest BCUT2D eigenvalue weighted by Crippen LogP contribution is -2.11. The van der Waals surface area contributed by atoms with Crippen LogP contribution in [0.4, 0.5) is 5.82 Å². The van der Waals surface area contributed by atoms with E-state index < -0.39 is 0 Å². The maximum atomic E-state index is 9.06. The van der Waals surface area contributed by atoms with Crippen molar-refractivity contribution in [1.82, 2.24) is 14.9 Å². The molecular formula is C25H33N5O. The van der Waals surface area contributed by atoms with Crippen LogP contribution in [0.3, 0.4) is 0 Å². The Kier molecular flexibility index (Phi) is 9.65. The summed E-state index contributed by atoms with van der Waals surface area (Å²) in [6.07, 6.45) is 11.2. The van der Waals surface area contributed by atoms with Crippen LogP contribution in [0, 0.1) is 0 Å². The Morgan fingerprint density at radius 1 is 1.29 bits per heavy atom. The zero-order valence-electron chi connectivity index (χ0n) is 19.0. The van der Waals surface area contributed by atoms with Gasteiger partial charge >= 0.3 is 0 Å². The number of anilines is 1. The van der Waals surface area contributed by atoms with Crippen molar-refractivity contribution in [2.75, 3.05) is 39.6 Å². The number of nitrogens with zero attached hydrogens (tertiary/aromatic N) is 4. The first-order valence-corrected chi connectivity index (χ1v) is 10.5. The minimum atomic E-state index is 0.183. The number of benzene rings is 1. The highest BCUT2D eigenvalue weighted by molar-refractivity contribution is 6.11. The van der Waals surface area contributed by atoms with Crippen molar-refractivity contribution in [1.29, 1.82) is 0 Å². The molecule has 0 amide bonds. The predicted molar refractivity (Wildman–Crippen MR) is 131 cm³/mol. The van der Waals surface area contributed by atoms with E-state index in [0.717, 1.165) is 46.6 Å². The molecule has 0 bridgehead atoms. The molecule has 0 aliphatic heterocycles. The third-order valence-corrected chi connectivity index (χ3v) is 4.58. The summed E-state index contributed by atoms with van der Waals surface area (Å²) in [5.74, 6) is 1.37. The summed E-state index contributed by atoms with van der Waals surface area (Å²) in [6.45, 7) is 6.79. The normalized spacial score (nSPS) is 12.3. The molecule has 0 aliphatic carbocycles. The molecule has 0 saturated carbocycles. The fraction of sp³-hybridized carbons (Fsp3) is 0.320. The third kappa shape index (κ3) is 6.89. The molecule has 0 aliphatic rings. The van der Waals surface area contributed by atoms with Gasteiger partial charge in [-0.15, -0.1) is 0 Å². The average molecular weight is 420 g/mol. The van der Waals surface area contributed by atoms with Crippen LogP contribution >= 0.6 is 0 Å². The molecule has 0 atom stereocenters. The molecule has 1 aromatic carbocycles. The van der Waals surface area contributed by atoms with Crippen LogP contribution in [0.2, 0.25) is 0 Å². The fourth-order valence-corrected chi connectivity index (χ4v) is 3.09. The fourth-order valence-electron chi connectivity index (χ4n) is 3.09. The quantitative estimate of drug-likeness (QED) is 0.321. The number of hydrogen-bond donors (Lipinski definition) is 2. The number of nitrogens with one attached hydrogen (secondary N) is 1. The largest absolute Gasteiger partial charge is 0.396 e. The number of aliphatic hydroxyl groups is 1. The topological polar surface area (TPSA) is 73.6 Å². The van der Waals surface area contributed by atoms with Crippen LogP contribution in [0.15, 0.2) is 66.5 Å². The number of aromatic nitrogens is 2.